The Morgan fingerprint density at radius 1 is 0.963 bits per heavy atom. The fraction of sp³-hybridized carbons (Fsp3) is 0.400. The quantitative estimate of drug-likeness (QED) is 0.709. The summed E-state index contributed by atoms with van der Waals surface area (Å²) in [5.41, 5.74) is 3.02. The molecule has 0 spiro atoms. The molecule has 2 fully saturated rings. The lowest BCUT2D eigenvalue weighted by molar-refractivity contribution is 0.642. The van der Waals surface area contributed by atoms with Crippen LogP contribution in [0.5, 0.6) is 0 Å². The molecule has 27 heavy (non-hydrogen) atoms. The number of piperazine rings is 1. The third-order valence-electron chi connectivity index (χ3n) is 5.52. The Kier molecular flexibility index (Phi) is 3.81. The van der Waals surface area contributed by atoms with Crippen LogP contribution < -0.4 is 15.4 Å². The number of hydrogen-bond donors (Lipinski definition) is 0. The molecular weight excluding hydrogens is 340 g/mol. The third-order valence-corrected chi connectivity index (χ3v) is 5.52. The zero-order chi connectivity index (χ0) is 18.4. The monoisotopic (exact) mass is 362 g/mol. The fourth-order valence-electron chi connectivity index (χ4n) is 3.80. The van der Waals surface area contributed by atoms with Crippen LogP contribution in [0.1, 0.15) is 24.5 Å². The molecule has 0 unspecified atom stereocenters. The Labute approximate surface area is 157 Å². The summed E-state index contributed by atoms with van der Waals surface area (Å²) in [7, 11) is 1.73. The first kappa shape index (κ1) is 16.2. The van der Waals surface area contributed by atoms with Gasteiger partial charge in [0.25, 0.3) is 5.56 Å². The summed E-state index contributed by atoms with van der Waals surface area (Å²) in [6, 6.07) is 5.93. The van der Waals surface area contributed by atoms with Crippen LogP contribution in [0, 0.1) is 0 Å². The molecule has 0 atom stereocenters. The number of benzene rings is 1. The summed E-state index contributed by atoms with van der Waals surface area (Å²) in [6.07, 6.45) is 7.65. The Bertz CT molecular complexity index is 1050. The average Bonchev–Trinajstić information content (AvgIpc) is 3.56. The number of aryl methyl sites for hydroxylation is 1. The molecule has 3 heterocycles. The van der Waals surface area contributed by atoms with Crippen molar-refractivity contribution < 1.29 is 0 Å². The van der Waals surface area contributed by atoms with E-state index >= 15 is 0 Å². The summed E-state index contributed by atoms with van der Waals surface area (Å²) in [4.78, 5) is 30.5. The van der Waals surface area contributed by atoms with Crippen LogP contribution in [0.3, 0.4) is 0 Å². The van der Waals surface area contributed by atoms with Crippen molar-refractivity contribution in [2.24, 2.45) is 7.05 Å². The molecule has 0 radical (unpaired) electrons. The van der Waals surface area contributed by atoms with Crippen LogP contribution in [-0.2, 0) is 7.05 Å². The van der Waals surface area contributed by atoms with Crippen LogP contribution in [0.2, 0.25) is 0 Å². The maximum atomic E-state index is 12.2. The lowest BCUT2D eigenvalue weighted by atomic mass is 10.2. The predicted molar refractivity (Wildman–Crippen MR) is 105 cm³/mol. The second-order valence-corrected chi connectivity index (χ2v) is 7.38. The zero-order valence-electron chi connectivity index (χ0n) is 15.4. The van der Waals surface area contributed by atoms with E-state index in [9.17, 15) is 4.79 Å². The molecule has 2 aromatic heterocycles. The molecule has 0 bridgehead atoms. The summed E-state index contributed by atoms with van der Waals surface area (Å²) < 4.78 is 1.51. The average molecular weight is 362 g/mol. The molecular formula is C20H22N6O. The summed E-state index contributed by atoms with van der Waals surface area (Å²) in [5.74, 6) is 1.66. The van der Waals surface area contributed by atoms with Crippen molar-refractivity contribution in [3.05, 3.63) is 53.0 Å². The Morgan fingerprint density at radius 2 is 1.70 bits per heavy atom. The molecule has 2 aliphatic rings. The highest BCUT2D eigenvalue weighted by Crippen LogP contribution is 2.42. The van der Waals surface area contributed by atoms with E-state index in [-0.39, 0.29) is 5.56 Å². The van der Waals surface area contributed by atoms with E-state index < -0.39 is 0 Å². The van der Waals surface area contributed by atoms with Crippen LogP contribution >= 0.6 is 0 Å². The minimum atomic E-state index is -0.00775. The smallest absolute Gasteiger partial charge is 0.260 e. The highest BCUT2D eigenvalue weighted by molar-refractivity contribution is 5.81. The van der Waals surface area contributed by atoms with Crippen LogP contribution in [0.4, 0.5) is 11.5 Å². The van der Waals surface area contributed by atoms with E-state index in [4.69, 9.17) is 0 Å². The number of anilines is 2. The molecule has 7 nitrogen and oxygen atoms in total. The first-order valence-electron chi connectivity index (χ1n) is 9.47. The van der Waals surface area contributed by atoms with Gasteiger partial charge in [0.1, 0.15) is 0 Å². The molecule has 1 saturated heterocycles. The van der Waals surface area contributed by atoms with Gasteiger partial charge in [-0.2, -0.15) is 0 Å². The Balaban J connectivity index is 1.36. The van der Waals surface area contributed by atoms with E-state index in [0.29, 0.717) is 11.3 Å². The predicted octanol–water partition coefficient (Wildman–Crippen LogP) is 1.93. The van der Waals surface area contributed by atoms with Crippen LogP contribution in [0.15, 0.2) is 41.7 Å². The number of hydrogen-bond acceptors (Lipinski definition) is 6. The molecule has 3 aromatic rings. The standard InChI is InChI=1S/C20H22N6O/c1-24-13-23-17-12-15(4-5-16(17)20(24)27)25-8-10-26(11-9-25)19-18(14-2-3-14)21-6-7-22-19/h4-7,12-14H,2-3,8-11H2,1H3. The maximum absolute atomic E-state index is 12.2. The summed E-state index contributed by atoms with van der Waals surface area (Å²) in [5, 5.41) is 0.663. The first-order chi connectivity index (χ1) is 13.2. The number of aromatic nitrogens is 4. The molecule has 0 amide bonds. The molecule has 0 N–H and O–H groups in total. The summed E-state index contributed by atoms with van der Waals surface area (Å²) >= 11 is 0. The summed E-state index contributed by atoms with van der Waals surface area (Å²) in [6.45, 7) is 3.66. The van der Waals surface area contributed by atoms with Gasteiger partial charge in [0.15, 0.2) is 5.82 Å². The highest BCUT2D eigenvalue weighted by Gasteiger charge is 2.31. The van der Waals surface area contributed by atoms with Gasteiger partial charge in [0.05, 0.1) is 22.9 Å². The van der Waals surface area contributed by atoms with Crippen molar-refractivity contribution in [2.75, 3.05) is 36.0 Å². The SMILES string of the molecule is Cn1cnc2cc(N3CCN(c4nccnc4C4CC4)CC3)ccc2c1=O. The van der Waals surface area contributed by atoms with Gasteiger partial charge >= 0.3 is 0 Å². The van der Waals surface area contributed by atoms with Crippen molar-refractivity contribution in [1.29, 1.82) is 0 Å². The van der Waals surface area contributed by atoms with Crippen molar-refractivity contribution in [2.45, 2.75) is 18.8 Å². The molecule has 7 heteroatoms. The lowest BCUT2D eigenvalue weighted by Gasteiger charge is -2.37. The van der Waals surface area contributed by atoms with Crippen LogP contribution in [-0.4, -0.2) is 45.7 Å². The van der Waals surface area contributed by atoms with Crippen LogP contribution in [0.25, 0.3) is 10.9 Å². The lowest BCUT2D eigenvalue weighted by Crippen LogP contribution is -2.47. The van der Waals surface area contributed by atoms with Gasteiger partial charge in [0, 0.05) is 57.2 Å². The van der Waals surface area contributed by atoms with Crippen molar-refractivity contribution >= 4 is 22.4 Å². The van der Waals surface area contributed by atoms with Gasteiger partial charge in [0.2, 0.25) is 0 Å². The normalized spacial score (nSPS) is 17.5. The Hall–Kier alpha value is -2.96. The van der Waals surface area contributed by atoms with Gasteiger partial charge in [-0.1, -0.05) is 0 Å². The zero-order valence-corrected chi connectivity index (χ0v) is 15.4. The van der Waals surface area contributed by atoms with Gasteiger partial charge in [-0.05, 0) is 31.0 Å². The fourth-order valence-corrected chi connectivity index (χ4v) is 3.80. The van der Waals surface area contributed by atoms with Gasteiger partial charge in [-0.25, -0.2) is 9.97 Å². The van der Waals surface area contributed by atoms with E-state index in [1.54, 1.807) is 25.8 Å². The molecule has 1 aromatic carbocycles. The van der Waals surface area contributed by atoms with Crippen molar-refractivity contribution in [3.8, 4) is 0 Å². The minimum absolute atomic E-state index is 0.00775. The second-order valence-electron chi connectivity index (χ2n) is 7.38. The topological polar surface area (TPSA) is 67.2 Å². The van der Waals surface area contributed by atoms with E-state index in [2.05, 4.69) is 24.8 Å². The first-order valence-corrected chi connectivity index (χ1v) is 9.47. The third kappa shape index (κ3) is 2.93. The van der Waals surface area contributed by atoms with E-state index in [1.165, 1.54) is 17.4 Å². The molecule has 5 rings (SSSR count). The highest BCUT2D eigenvalue weighted by atomic mass is 16.1. The molecule has 1 aliphatic carbocycles. The molecule has 1 saturated carbocycles. The van der Waals surface area contributed by atoms with E-state index in [0.717, 1.165) is 48.9 Å². The Morgan fingerprint density at radius 3 is 2.48 bits per heavy atom. The van der Waals surface area contributed by atoms with E-state index in [1.807, 2.05) is 18.2 Å². The van der Waals surface area contributed by atoms with Gasteiger partial charge in [-0.15, -0.1) is 0 Å². The maximum Gasteiger partial charge on any atom is 0.260 e. The number of nitrogens with zero attached hydrogens (tertiary/aromatic N) is 6. The van der Waals surface area contributed by atoms with Crippen molar-refractivity contribution in [1.82, 2.24) is 19.5 Å². The van der Waals surface area contributed by atoms with Gasteiger partial charge < -0.3 is 14.4 Å². The second kappa shape index (κ2) is 6.33. The largest absolute Gasteiger partial charge is 0.368 e. The molecule has 1 aliphatic heterocycles. The molecule has 138 valence electrons. The van der Waals surface area contributed by atoms with Gasteiger partial charge in [-0.3, -0.25) is 9.78 Å². The van der Waals surface area contributed by atoms with Crippen molar-refractivity contribution in [3.63, 3.8) is 0 Å². The number of rotatable bonds is 3. The minimum Gasteiger partial charge on any atom is -0.368 e. The number of fused-ring (bicyclic) bond motifs is 1.